The Balaban J connectivity index is 1.68. The number of nitrogens with one attached hydrogen (secondary N) is 1. The number of aryl methyl sites for hydroxylation is 1. The summed E-state index contributed by atoms with van der Waals surface area (Å²) in [6.07, 6.45) is 0.841. The molecule has 5 heteroatoms. The highest BCUT2D eigenvalue weighted by molar-refractivity contribution is 7.80. The lowest BCUT2D eigenvalue weighted by Crippen LogP contribution is -2.36. The predicted molar refractivity (Wildman–Crippen MR) is 103 cm³/mol. The van der Waals surface area contributed by atoms with Crippen LogP contribution in [0.25, 0.3) is 11.0 Å². The molecule has 1 N–H and O–H groups in total. The van der Waals surface area contributed by atoms with E-state index in [9.17, 15) is 4.39 Å². The predicted octanol–water partition coefficient (Wildman–Crippen LogP) is 4.64. The van der Waals surface area contributed by atoms with Crippen LogP contribution in [-0.2, 0) is 19.5 Å². The first-order valence-corrected chi connectivity index (χ1v) is 8.72. The monoisotopic (exact) mass is 356 g/mol. The summed E-state index contributed by atoms with van der Waals surface area (Å²) in [6.45, 7) is 3.33. The van der Waals surface area contributed by atoms with Crippen LogP contribution < -0.4 is 5.32 Å². The first kappa shape index (κ1) is 17.4. The van der Waals surface area contributed by atoms with Crippen LogP contribution in [0, 0.1) is 5.82 Å². The van der Waals surface area contributed by atoms with Crippen LogP contribution in [0.3, 0.4) is 0 Å². The minimum atomic E-state index is -0.234. The Morgan fingerprint density at radius 2 is 1.88 bits per heavy atom. The first-order chi connectivity index (χ1) is 12.1. The van der Waals surface area contributed by atoms with Crippen LogP contribution in [0.5, 0.6) is 0 Å². The fourth-order valence-corrected chi connectivity index (χ4v) is 2.97. The highest BCUT2D eigenvalue weighted by Crippen LogP contribution is 2.27. The summed E-state index contributed by atoms with van der Waals surface area (Å²) in [5.74, 6) is 0.761. The summed E-state index contributed by atoms with van der Waals surface area (Å²) < 4.78 is 18.9. The van der Waals surface area contributed by atoms with Crippen LogP contribution in [0.15, 0.2) is 52.9 Å². The number of fused-ring (bicyclic) bond motifs is 1. The Morgan fingerprint density at radius 1 is 1.16 bits per heavy atom. The number of hydrogen-bond donors (Lipinski definition) is 1. The number of para-hydroxylation sites is 1. The van der Waals surface area contributed by atoms with E-state index >= 15 is 0 Å². The Bertz CT molecular complexity index is 873. The molecule has 0 unspecified atom stereocenters. The third-order valence-corrected chi connectivity index (χ3v) is 4.66. The maximum Gasteiger partial charge on any atom is 0.169 e. The van der Waals surface area contributed by atoms with Crippen molar-refractivity contribution in [3.05, 3.63) is 71.2 Å². The van der Waals surface area contributed by atoms with E-state index < -0.39 is 0 Å². The number of nitrogens with zero attached hydrogens (tertiary/aromatic N) is 1. The third kappa shape index (κ3) is 3.99. The molecule has 0 spiro atoms. The number of hydrogen-bond acceptors (Lipinski definition) is 2. The van der Waals surface area contributed by atoms with Gasteiger partial charge in [-0.2, -0.15) is 0 Å². The second-order valence-electron chi connectivity index (χ2n) is 5.99. The van der Waals surface area contributed by atoms with Crippen molar-refractivity contribution in [2.45, 2.75) is 26.4 Å². The molecule has 0 aliphatic carbocycles. The van der Waals surface area contributed by atoms with Gasteiger partial charge in [0.25, 0.3) is 0 Å². The fraction of sp³-hybridized carbons (Fsp3) is 0.250. The average molecular weight is 356 g/mol. The molecule has 2 aromatic carbocycles. The maximum absolute atomic E-state index is 13.0. The average Bonchev–Trinajstić information content (AvgIpc) is 2.98. The van der Waals surface area contributed by atoms with Crippen molar-refractivity contribution >= 4 is 28.3 Å². The highest BCUT2D eigenvalue weighted by Gasteiger charge is 2.15. The number of rotatable bonds is 5. The SMILES string of the molecule is CCc1oc2ccccc2c1CN(C)C(=S)NCc1ccc(F)cc1. The lowest BCUT2D eigenvalue weighted by atomic mass is 10.1. The maximum atomic E-state index is 13.0. The molecule has 0 aliphatic rings. The summed E-state index contributed by atoms with van der Waals surface area (Å²) in [5.41, 5.74) is 3.07. The van der Waals surface area contributed by atoms with Gasteiger partial charge < -0.3 is 14.6 Å². The van der Waals surface area contributed by atoms with E-state index in [0.717, 1.165) is 28.7 Å². The highest BCUT2D eigenvalue weighted by atomic mass is 32.1. The van der Waals surface area contributed by atoms with Crippen molar-refractivity contribution in [2.24, 2.45) is 0 Å². The molecule has 1 aromatic heterocycles. The van der Waals surface area contributed by atoms with Gasteiger partial charge in [0.15, 0.2) is 5.11 Å². The molecular weight excluding hydrogens is 335 g/mol. The van der Waals surface area contributed by atoms with Crippen molar-refractivity contribution in [1.82, 2.24) is 10.2 Å². The minimum Gasteiger partial charge on any atom is -0.461 e. The zero-order valence-corrected chi connectivity index (χ0v) is 15.2. The Kier molecular flexibility index (Phi) is 5.34. The smallest absolute Gasteiger partial charge is 0.169 e. The Morgan fingerprint density at radius 3 is 2.60 bits per heavy atom. The van der Waals surface area contributed by atoms with Gasteiger partial charge in [-0.1, -0.05) is 37.3 Å². The summed E-state index contributed by atoms with van der Waals surface area (Å²) >= 11 is 5.49. The van der Waals surface area contributed by atoms with E-state index in [0.29, 0.717) is 18.2 Å². The van der Waals surface area contributed by atoms with Gasteiger partial charge in [-0.3, -0.25) is 0 Å². The number of halogens is 1. The Labute approximate surface area is 152 Å². The molecular formula is C20H21FN2OS. The lowest BCUT2D eigenvalue weighted by molar-refractivity contribution is 0.473. The number of thiocarbonyl (C=S) groups is 1. The molecule has 0 atom stereocenters. The van der Waals surface area contributed by atoms with Crippen molar-refractivity contribution < 1.29 is 8.81 Å². The number of furan rings is 1. The topological polar surface area (TPSA) is 28.4 Å². The molecule has 0 bridgehead atoms. The third-order valence-electron chi connectivity index (χ3n) is 4.20. The van der Waals surface area contributed by atoms with E-state index in [4.69, 9.17) is 16.6 Å². The second kappa shape index (κ2) is 7.66. The van der Waals surface area contributed by atoms with Crippen molar-refractivity contribution in [3.8, 4) is 0 Å². The molecule has 3 nitrogen and oxygen atoms in total. The van der Waals surface area contributed by atoms with E-state index in [-0.39, 0.29) is 5.82 Å². The fourth-order valence-electron chi connectivity index (χ4n) is 2.83. The molecule has 3 rings (SSSR count). The van der Waals surface area contributed by atoms with Crippen LogP contribution >= 0.6 is 12.2 Å². The first-order valence-electron chi connectivity index (χ1n) is 8.31. The van der Waals surface area contributed by atoms with Gasteiger partial charge in [-0.05, 0) is 36.0 Å². The molecule has 0 radical (unpaired) electrons. The largest absolute Gasteiger partial charge is 0.461 e. The van der Waals surface area contributed by atoms with Crippen LogP contribution in [-0.4, -0.2) is 17.1 Å². The van der Waals surface area contributed by atoms with Crippen molar-refractivity contribution in [2.75, 3.05) is 7.05 Å². The van der Waals surface area contributed by atoms with Gasteiger partial charge in [0, 0.05) is 37.5 Å². The Hall–Kier alpha value is -2.40. The second-order valence-corrected chi connectivity index (χ2v) is 6.38. The molecule has 130 valence electrons. The van der Waals surface area contributed by atoms with Gasteiger partial charge in [0.05, 0.1) is 0 Å². The van der Waals surface area contributed by atoms with Crippen molar-refractivity contribution in [1.29, 1.82) is 0 Å². The van der Waals surface area contributed by atoms with E-state index in [1.807, 2.05) is 30.1 Å². The van der Waals surface area contributed by atoms with Crippen LogP contribution in [0.4, 0.5) is 4.39 Å². The zero-order chi connectivity index (χ0) is 17.8. The molecule has 3 aromatic rings. The molecule has 0 saturated heterocycles. The molecule has 0 aliphatic heterocycles. The van der Waals surface area contributed by atoms with Gasteiger partial charge in [-0.15, -0.1) is 0 Å². The lowest BCUT2D eigenvalue weighted by Gasteiger charge is -2.21. The normalized spacial score (nSPS) is 10.8. The van der Waals surface area contributed by atoms with Gasteiger partial charge in [-0.25, -0.2) is 4.39 Å². The molecule has 0 amide bonds. The van der Waals surface area contributed by atoms with E-state index in [2.05, 4.69) is 18.3 Å². The van der Waals surface area contributed by atoms with Gasteiger partial charge >= 0.3 is 0 Å². The standard InChI is InChI=1S/C20H21FN2OS/c1-3-18-17(16-6-4-5-7-19(16)24-18)13-23(2)20(25)22-12-14-8-10-15(21)11-9-14/h4-11H,3,12-13H2,1-2H3,(H,22,25). The van der Waals surface area contributed by atoms with Crippen LogP contribution in [0.2, 0.25) is 0 Å². The van der Waals surface area contributed by atoms with Crippen molar-refractivity contribution in [3.63, 3.8) is 0 Å². The summed E-state index contributed by atoms with van der Waals surface area (Å²) in [6, 6.07) is 14.5. The molecule has 0 fully saturated rings. The van der Waals surface area contributed by atoms with Gasteiger partial charge in [0.1, 0.15) is 17.2 Å². The number of benzene rings is 2. The minimum absolute atomic E-state index is 0.234. The van der Waals surface area contributed by atoms with Gasteiger partial charge in [0.2, 0.25) is 0 Å². The van der Waals surface area contributed by atoms with Crippen LogP contribution in [0.1, 0.15) is 23.8 Å². The van der Waals surface area contributed by atoms with E-state index in [1.54, 1.807) is 12.1 Å². The molecule has 0 saturated carbocycles. The molecule has 25 heavy (non-hydrogen) atoms. The summed E-state index contributed by atoms with van der Waals surface area (Å²) in [5, 5.41) is 5.00. The molecule has 1 heterocycles. The summed E-state index contributed by atoms with van der Waals surface area (Å²) in [4.78, 5) is 2.00. The van der Waals surface area contributed by atoms with E-state index in [1.165, 1.54) is 17.7 Å². The quantitative estimate of drug-likeness (QED) is 0.674. The zero-order valence-electron chi connectivity index (χ0n) is 14.4. The summed E-state index contributed by atoms with van der Waals surface area (Å²) in [7, 11) is 1.96.